The Morgan fingerprint density at radius 1 is 1.07 bits per heavy atom. The van der Waals surface area contributed by atoms with Crippen LogP contribution >= 0.6 is 11.8 Å². The quantitative estimate of drug-likeness (QED) is 0.265. The van der Waals surface area contributed by atoms with Crippen molar-refractivity contribution in [2.45, 2.75) is 24.5 Å². The number of methoxy groups -OCH3 is 1. The molecule has 3 aromatic carbocycles. The Balaban J connectivity index is 1.43. The number of carboxylic acid groups (broad SMARTS) is 1. The minimum absolute atomic E-state index is 0.0383. The molecule has 10 nitrogen and oxygen atoms in total. The molecule has 0 radical (unpaired) electrons. The monoisotopic (exact) mass is 584 g/mol. The first-order chi connectivity index (χ1) is 20.3. The number of aromatic amines is 1. The van der Waals surface area contributed by atoms with E-state index in [0.717, 1.165) is 32.6 Å². The van der Waals surface area contributed by atoms with E-state index in [-0.39, 0.29) is 17.0 Å². The smallest absolute Gasteiger partial charge is 0.332 e. The zero-order valence-corrected chi connectivity index (χ0v) is 23.7. The fourth-order valence-corrected chi connectivity index (χ4v) is 6.43. The fourth-order valence-electron chi connectivity index (χ4n) is 5.87. The Labute approximate surface area is 245 Å². The van der Waals surface area contributed by atoms with Gasteiger partial charge in [-0.25, -0.2) is 14.5 Å². The fraction of sp³-hybridized carbons (Fsp3) is 0.226. The molecule has 0 saturated carbocycles. The van der Waals surface area contributed by atoms with Crippen LogP contribution in [-0.4, -0.2) is 70.0 Å². The number of carbonyl (C=O) groups is 4. The Bertz CT molecular complexity index is 1720. The zero-order chi connectivity index (χ0) is 29.5. The van der Waals surface area contributed by atoms with Crippen molar-refractivity contribution in [3.8, 4) is 5.75 Å². The summed E-state index contributed by atoms with van der Waals surface area (Å²) in [6, 6.07) is 18.4. The summed E-state index contributed by atoms with van der Waals surface area (Å²) in [5.41, 5.74) is 3.64. The lowest BCUT2D eigenvalue weighted by molar-refractivity contribution is -0.138. The number of hydrogen-bond donors (Lipinski definition) is 3. The molecule has 3 heterocycles. The molecule has 0 bridgehead atoms. The highest BCUT2D eigenvalue weighted by molar-refractivity contribution is 7.98. The topological polar surface area (TPSA) is 132 Å². The van der Waals surface area contributed by atoms with Crippen LogP contribution in [0.5, 0.6) is 5.75 Å². The van der Waals surface area contributed by atoms with Gasteiger partial charge in [0.05, 0.1) is 18.4 Å². The number of aliphatic carboxylic acids is 1. The molecule has 4 aromatic rings. The molecule has 4 amide bonds. The molecule has 0 aliphatic carbocycles. The number of carboxylic acids is 1. The van der Waals surface area contributed by atoms with Crippen LogP contribution in [0.1, 0.15) is 33.2 Å². The van der Waals surface area contributed by atoms with Gasteiger partial charge in [0.1, 0.15) is 23.9 Å². The number of H-pyrrole nitrogens is 1. The van der Waals surface area contributed by atoms with E-state index in [1.54, 1.807) is 30.4 Å². The molecular weight excluding hydrogens is 556 g/mol. The number of benzene rings is 3. The number of nitrogens with zero attached hydrogens (tertiary/aromatic N) is 2. The summed E-state index contributed by atoms with van der Waals surface area (Å²) in [5, 5.41) is 13.1. The third-order valence-electron chi connectivity index (χ3n) is 7.81. The highest BCUT2D eigenvalue weighted by atomic mass is 32.2. The molecule has 1 unspecified atom stereocenters. The lowest BCUT2D eigenvalue weighted by atomic mass is 9.89. The number of fused-ring (bicyclic) bond motifs is 4. The average molecular weight is 585 g/mol. The highest BCUT2D eigenvalue weighted by Crippen LogP contribution is 2.45. The van der Waals surface area contributed by atoms with Crippen molar-refractivity contribution in [1.82, 2.24) is 15.2 Å². The summed E-state index contributed by atoms with van der Waals surface area (Å²) < 4.78 is 5.34. The molecule has 0 spiro atoms. The summed E-state index contributed by atoms with van der Waals surface area (Å²) in [6.45, 7) is 0. The second kappa shape index (κ2) is 10.9. The third-order valence-corrected chi connectivity index (χ3v) is 8.47. The minimum atomic E-state index is -1.17. The molecule has 3 atom stereocenters. The maximum absolute atomic E-state index is 14.3. The van der Waals surface area contributed by atoms with Gasteiger partial charge in [0.15, 0.2) is 0 Å². The molecule has 214 valence electrons. The first-order valence-electron chi connectivity index (χ1n) is 13.3. The van der Waals surface area contributed by atoms with Gasteiger partial charge in [-0.05, 0) is 47.7 Å². The van der Waals surface area contributed by atoms with E-state index in [1.807, 2.05) is 48.5 Å². The zero-order valence-electron chi connectivity index (χ0n) is 22.9. The van der Waals surface area contributed by atoms with Gasteiger partial charge in [-0.15, -0.1) is 0 Å². The van der Waals surface area contributed by atoms with Gasteiger partial charge in [-0.1, -0.05) is 42.5 Å². The van der Waals surface area contributed by atoms with Crippen LogP contribution in [-0.2, 0) is 16.0 Å². The number of thioether (sulfide) groups is 1. The molecule has 6 rings (SSSR count). The second-order valence-corrected chi connectivity index (χ2v) is 11.1. The number of ether oxygens (including phenoxy) is 1. The van der Waals surface area contributed by atoms with Crippen molar-refractivity contribution in [2.24, 2.45) is 0 Å². The van der Waals surface area contributed by atoms with E-state index in [4.69, 9.17) is 4.74 Å². The van der Waals surface area contributed by atoms with Gasteiger partial charge in [0.25, 0.3) is 11.8 Å². The SMILES string of the molecule is COc1ccc(C2c3[nH]c4ccccc4c3C[C@H]3C(=O)N(c4ccccc4C(=O)N[C@@H](CSC)C(=O)O)C(=O)N23)cc1. The number of para-hydroxylation sites is 2. The number of anilines is 1. The Morgan fingerprint density at radius 2 is 1.79 bits per heavy atom. The Morgan fingerprint density at radius 3 is 2.50 bits per heavy atom. The summed E-state index contributed by atoms with van der Waals surface area (Å²) in [5.74, 6) is -1.48. The molecule has 1 fully saturated rings. The number of urea groups is 1. The normalized spacial score (nSPS) is 18.5. The second-order valence-electron chi connectivity index (χ2n) is 10.2. The molecule has 3 N–H and O–H groups in total. The number of hydrogen-bond acceptors (Lipinski definition) is 6. The summed E-state index contributed by atoms with van der Waals surface area (Å²) in [7, 11) is 1.58. The molecule has 1 saturated heterocycles. The maximum Gasteiger partial charge on any atom is 0.332 e. The molecular formula is C31H28N4O6S. The Hall–Kier alpha value is -4.77. The highest BCUT2D eigenvalue weighted by Gasteiger charge is 2.53. The molecule has 2 aliphatic heterocycles. The van der Waals surface area contributed by atoms with Crippen LogP contribution in [0.4, 0.5) is 10.5 Å². The van der Waals surface area contributed by atoms with Crippen molar-refractivity contribution < 1.29 is 29.0 Å². The first-order valence-corrected chi connectivity index (χ1v) is 14.7. The summed E-state index contributed by atoms with van der Waals surface area (Å²) in [6.07, 6.45) is 2.04. The van der Waals surface area contributed by atoms with Gasteiger partial charge in [0, 0.05) is 28.8 Å². The number of amides is 4. The number of rotatable bonds is 8. The number of nitrogens with one attached hydrogen (secondary N) is 2. The van der Waals surface area contributed by atoms with Crippen LogP contribution < -0.4 is 15.0 Å². The van der Waals surface area contributed by atoms with Crippen molar-refractivity contribution >= 4 is 52.2 Å². The number of carbonyl (C=O) groups excluding carboxylic acids is 3. The van der Waals surface area contributed by atoms with E-state index in [0.29, 0.717) is 12.2 Å². The van der Waals surface area contributed by atoms with Gasteiger partial charge in [-0.2, -0.15) is 11.8 Å². The van der Waals surface area contributed by atoms with Gasteiger partial charge >= 0.3 is 12.0 Å². The van der Waals surface area contributed by atoms with Crippen LogP contribution in [0, 0.1) is 0 Å². The Kier molecular flexibility index (Phi) is 7.11. The van der Waals surface area contributed by atoms with Crippen LogP contribution in [0.3, 0.4) is 0 Å². The van der Waals surface area contributed by atoms with E-state index >= 15 is 0 Å². The van der Waals surface area contributed by atoms with Crippen LogP contribution in [0.15, 0.2) is 72.8 Å². The molecule has 2 aliphatic rings. The van der Waals surface area contributed by atoms with Gasteiger partial charge < -0.3 is 20.1 Å². The van der Waals surface area contributed by atoms with E-state index in [1.165, 1.54) is 23.9 Å². The van der Waals surface area contributed by atoms with Gasteiger partial charge in [0.2, 0.25) is 0 Å². The van der Waals surface area contributed by atoms with Crippen molar-refractivity contribution in [2.75, 3.05) is 24.0 Å². The molecule has 11 heteroatoms. The van der Waals surface area contributed by atoms with Crippen molar-refractivity contribution in [1.29, 1.82) is 0 Å². The predicted octanol–water partition coefficient (Wildman–Crippen LogP) is 4.21. The lowest BCUT2D eigenvalue weighted by Crippen LogP contribution is -2.44. The number of imide groups is 1. The minimum Gasteiger partial charge on any atom is -0.497 e. The average Bonchev–Trinajstić information content (AvgIpc) is 3.49. The number of aromatic nitrogens is 1. The van der Waals surface area contributed by atoms with Crippen LogP contribution in [0.25, 0.3) is 10.9 Å². The van der Waals surface area contributed by atoms with Crippen LogP contribution in [0.2, 0.25) is 0 Å². The largest absolute Gasteiger partial charge is 0.497 e. The summed E-state index contributed by atoms with van der Waals surface area (Å²) in [4.78, 5) is 59.5. The predicted molar refractivity (Wildman–Crippen MR) is 159 cm³/mol. The lowest BCUT2D eigenvalue weighted by Gasteiger charge is -2.36. The van der Waals surface area contributed by atoms with E-state index in [9.17, 15) is 24.3 Å². The third kappa shape index (κ3) is 4.46. The maximum atomic E-state index is 14.3. The van der Waals surface area contributed by atoms with Crippen molar-refractivity contribution in [3.05, 3.63) is 95.2 Å². The molecule has 1 aromatic heterocycles. The van der Waals surface area contributed by atoms with E-state index < -0.39 is 41.9 Å². The first kappa shape index (κ1) is 27.4. The van der Waals surface area contributed by atoms with Crippen molar-refractivity contribution in [3.63, 3.8) is 0 Å². The van der Waals surface area contributed by atoms with E-state index in [2.05, 4.69) is 10.3 Å². The summed E-state index contributed by atoms with van der Waals surface area (Å²) >= 11 is 1.28. The molecule has 42 heavy (non-hydrogen) atoms. The van der Waals surface area contributed by atoms with Gasteiger partial charge in [-0.3, -0.25) is 14.5 Å². The standard InChI is InChI=1S/C31H28N4O6S/c1-41-18-13-11-17(12-14-18)27-26-21(19-7-3-5-9-22(19)32-26)15-25-29(37)35(31(40)34(25)27)24-10-6-4-8-20(24)28(36)33-23(16-42-2)30(38)39/h3-14,23,25,27,32H,15-16H2,1-2H3,(H,33,36)(H,38,39)/t23-,25-,27?/m0/s1.